The van der Waals surface area contributed by atoms with Crippen LogP contribution in [0.3, 0.4) is 0 Å². The maximum absolute atomic E-state index is 12.1. The number of ether oxygens (including phenoxy) is 2. The Morgan fingerprint density at radius 2 is 1.70 bits per heavy atom. The minimum absolute atomic E-state index is 0.147. The summed E-state index contributed by atoms with van der Waals surface area (Å²) in [5, 5.41) is 2.61. The van der Waals surface area contributed by atoms with Gasteiger partial charge in [0, 0.05) is 13.6 Å². The second-order valence-corrected chi connectivity index (χ2v) is 6.57. The number of carbonyl (C=O) groups excluding carboxylic acids is 4. The molecule has 1 heterocycles. The summed E-state index contributed by atoms with van der Waals surface area (Å²) in [6.45, 7) is 0.00958. The van der Waals surface area contributed by atoms with Crippen molar-refractivity contribution in [3.63, 3.8) is 0 Å². The van der Waals surface area contributed by atoms with E-state index in [-0.39, 0.29) is 6.54 Å². The molecule has 0 aliphatic carbocycles. The lowest BCUT2D eigenvalue weighted by molar-refractivity contribution is -0.143. The van der Waals surface area contributed by atoms with E-state index in [1.54, 1.807) is 18.2 Å². The van der Waals surface area contributed by atoms with E-state index < -0.39 is 30.3 Å². The third-order valence-electron chi connectivity index (χ3n) is 4.51. The van der Waals surface area contributed by atoms with Crippen LogP contribution in [0, 0.1) is 0 Å². The molecule has 0 radical (unpaired) electrons. The molecule has 0 saturated carbocycles. The van der Waals surface area contributed by atoms with Gasteiger partial charge in [0.25, 0.3) is 0 Å². The molecule has 9 heteroatoms. The van der Waals surface area contributed by atoms with Gasteiger partial charge in [-0.25, -0.2) is 9.69 Å². The molecular weight excluding hydrogens is 390 g/mol. The molecule has 1 N–H and O–H groups in total. The SMILES string of the molecule is COc1cc(CNC(=O)CN2C(=O)C(=O)N(C)C2=O)ccc1OCc1ccccc1. The molecule has 2 aromatic carbocycles. The fraction of sp³-hybridized carbons (Fsp3) is 0.238. The highest BCUT2D eigenvalue weighted by Crippen LogP contribution is 2.28. The first-order valence-electron chi connectivity index (χ1n) is 9.14. The molecule has 2 aromatic rings. The van der Waals surface area contributed by atoms with Gasteiger partial charge in [-0.3, -0.25) is 19.3 Å². The Morgan fingerprint density at radius 3 is 2.33 bits per heavy atom. The minimum atomic E-state index is -1.01. The van der Waals surface area contributed by atoms with Crippen molar-refractivity contribution < 1.29 is 28.7 Å². The zero-order valence-corrected chi connectivity index (χ0v) is 16.6. The van der Waals surface area contributed by atoms with Crippen molar-refractivity contribution in [1.82, 2.24) is 15.1 Å². The Balaban J connectivity index is 1.56. The summed E-state index contributed by atoms with van der Waals surface area (Å²) in [5.74, 6) is -1.47. The maximum atomic E-state index is 12.1. The van der Waals surface area contributed by atoms with Crippen LogP contribution in [0.2, 0.25) is 0 Å². The second kappa shape index (κ2) is 9.08. The van der Waals surface area contributed by atoms with Gasteiger partial charge in [-0.1, -0.05) is 36.4 Å². The van der Waals surface area contributed by atoms with Gasteiger partial charge in [0.1, 0.15) is 13.2 Å². The lowest BCUT2D eigenvalue weighted by Crippen LogP contribution is -2.40. The van der Waals surface area contributed by atoms with Gasteiger partial charge in [0.2, 0.25) is 5.91 Å². The first-order valence-corrected chi connectivity index (χ1v) is 9.14. The molecule has 1 aliphatic rings. The molecule has 1 saturated heterocycles. The summed E-state index contributed by atoms with van der Waals surface area (Å²) in [6.07, 6.45) is 0. The average molecular weight is 411 g/mol. The lowest BCUT2D eigenvalue weighted by Gasteiger charge is -2.14. The predicted molar refractivity (Wildman–Crippen MR) is 105 cm³/mol. The molecule has 3 rings (SSSR count). The summed E-state index contributed by atoms with van der Waals surface area (Å²) >= 11 is 0. The van der Waals surface area contributed by atoms with Crippen LogP contribution in [0.25, 0.3) is 0 Å². The number of benzene rings is 2. The van der Waals surface area contributed by atoms with E-state index >= 15 is 0 Å². The topological polar surface area (TPSA) is 105 Å². The van der Waals surface area contributed by atoms with Crippen LogP contribution >= 0.6 is 0 Å². The van der Waals surface area contributed by atoms with Crippen LogP contribution in [0.4, 0.5) is 4.79 Å². The van der Waals surface area contributed by atoms with Crippen molar-refractivity contribution >= 4 is 23.8 Å². The van der Waals surface area contributed by atoms with Crippen molar-refractivity contribution in [2.45, 2.75) is 13.2 Å². The zero-order valence-electron chi connectivity index (χ0n) is 16.6. The Kier molecular flexibility index (Phi) is 6.31. The molecule has 9 nitrogen and oxygen atoms in total. The fourth-order valence-electron chi connectivity index (χ4n) is 2.83. The van der Waals surface area contributed by atoms with E-state index in [4.69, 9.17) is 9.47 Å². The van der Waals surface area contributed by atoms with E-state index in [1.165, 1.54) is 14.2 Å². The zero-order chi connectivity index (χ0) is 21.7. The molecule has 1 aliphatic heterocycles. The van der Waals surface area contributed by atoms with Crippen LogP contribution in [0.15, 0.2) is 48.5 Å². The molecular formula is C21H21N3O6. The van der Waals surface area contributed by atoms with Crippen LogP contribution in [-0.2, 0) is 27.5 Å². The van der Waals surface area contributed by atoms with Gasteiger partial charge in [0.05, 0.1) is 7.11 Å². The highest BCUT2D eigenvalue weighted by molar-refractivity contribution is 6.44. The van der Waals surface area contributed by atoms with Gasteiger partial charge < -0.3 is 14.8 Å². The molecule has 0 aromatic heterocycles. The molecule has 0 spiro atoms. The molecule has 1 fully saturated rings. The third kappa shape index (κ3) is 4.57. The number of likely N-dealkylation sites (N-methyl/N-ethyl adjacent to an activating group) is 1. The van der Waals surface area contributed by atoms with Crippen molar-refractivity contribution in [2.24, 2.45) is 0 Å². The van der Waals surface area contributed by atoms with Crippen LogP contribution in [-0.4, -0.2) is 54.3 Å². The number of nitrogens with one attached hydrogen (secondary N) is 1. The predicted octanol–water partition coefficient (Wildman–Crippen LogP) is 1.31. The Morgan fingerprint density at radius 1 is 0.967 bits per heavy atom. The highest BCUT2D eigenvalue weighted by Gasteiger charge is 2.42. The smallest absolute Gasteiger partial charge is 0.334 e. The quantitative estimate of drug-likeness (QED) is 0.519. The van der Waals surface area contributed by atoms with Gasteiger partial charge in [-0.2, -0.15) is 0 Å². The van der Waals surface area contributed by atoms with Crippen molar-refractivity contribution in [3.8, 4) is 11.5 Å². The van der Waals surface area contributed by atoms with E-state index in [0.717, 1.165) is 11.1 Å². The Bertz CT molecular complexity index is 976. The Hall–Kier alpha value is -3.88. The third-order valence-corrected chi connectivity index (χ3v) is 4.51. The number of imide groups is 2. The first kappa shape index (κ1) is 20.8. The van der Waals surface area contributed by atoms with Crippen LogP contribution < -0.4 is 14.8 Å². The molecule has 0 bridgehead atoms. The standard InChI is InChI=1S/C21H21N3O6/c1-23-19(26)20(27)24(21(23)28)12-18(25)22-11-15-8-9-16(17(10-15)29-2)30-13-14-6-4-3-5-7-14/h3-10H,11-13H2,1-2H3,(H,22,25). The second-order valence-electron chi connectivity index (χ2n) is 6.57. The normalized spacial score (nSPS) is 13.6. The average Bonchev–Trinajstić information content (AvgIpc) is 2.95. The number of amides is 5. The lowest BCUT2D eigenvalue weighted by atomic mass is 10.2. The summed E-state index contributed by atoms with van der Waals surface area (Å²) in [7, 11) is 2.71. The van der Waals surface area contributed by atoms with Gasteiger partial charge in [0.15, 0.2) is 11.5 Å². The van der Waals surface area contributed by atoms with Crippen molar-refractivity contribution in [1.29, 1.82) is 0 Å². The summed E-state index contributed by atoms with van der Waals surface area (Å²) in [6, 6.07) is 14.1. The summed E-state index contributed by atoms with van der Waals surface area (Å²) < 4.78 is 11.2. The number of urea groups is 1. The summed E-state index contributed by atoms with van der Waals surface area (Å²) in [4.78, 5) is 48.4. The number of nitrogens with zero attached hydrogens (tertiary/aromatic N) is 2. The highest BCUT2D eigenvalue weighted by atomic mass is 16.5. The van der Waals surface area contributed by atoms with Crippen molar-refractivity contribution in [2.75, 3.05) is 20.7 Å². The summed E-state index contributed by atoms with van der Waals surface area (Å²) in [5.41, 5.74) is 1.76. The molecule has 5 amide bonds. The fourth-order valence-corrected chi connectivity index (χ4v) is 2.83. The van der Waals surface area contributed by atoms with E-state index in [9.17, 15) is 19.2 Å². The Labute approximate surface area is 173 Å². The van der Waals surface area contributed by atoms with Crippen LogP contribution in [0.1, 0.15) is 11.1 Å². The molecule has 156 valence electrons. The van der Waals surface area contributed by atoms with Crippen LogP contribution in [0.5, 0.6) is 11.5 Å². The van der Waals surface area contributed by atoms with Gasteiger partial charge in [-0.05, 0) is 23.3 Å². The first-order chi connectivity index (χ1) is 14.4. The minimum Gasteiger partial charge on any atom is -0.493 e. The molecule has 0 unspecified atom stereocenters. The van der Waals surface area contributed by atoms with E-state index in [2.05, 4.69) is 5.32 Å². The maximum Gasteiger partial charge on any atom is 0.334 e. The number of hydrogen-bond acceptors (Lipinski definition) is 6. The number of methoxy groups -OCH3 is 1. The van der Waals surface area contributed by atoms with Crippen molar-refractivity contribution in [3.05, 3.63) is 59.7 Å². The molecule has 30 heavy (non-hydrogen) atoms. The number of hydrogen-bond donors (Lipinski definition) is 1. The van der Waals surface area contributed by atoms with Gasteiger partial charge >= 0.3 is 17.8 Å². The largest absolute Gasteiger partial charge is 0.493 e. The number of carbonyl (C=O) groups is 4. The number of rotatable bonds is 8. The van der Waals surface area contributed by atoms with E-state index in [0.29, 0.717) is 27.9 Å². The van der Waals surface area contributed by atoms with E-state index in [1.807, 2.05) is 30.3 Å². The molecule has 0 atom stereocenters. The monoisotopic (exact) mass is 411 g/mol. The van der Waals surface area contributed by atoms with Gasteiger partial charge in [-0.15, -0.1) is 0 Å².